The first-order chi connectivity index (χ1) is 57.7. The topological polar surface area (TPSA) is 838 Å². The van der Waals surface area contributed by atoms with Gasteiger partial charge in [-0.1, -0.05) is 0 Å². The lowest BCUT2D eigenvalue weighted by molar-refractivity contribution is -0.399. The van der Waals surface area contributed by atoms with Gasteiger partial charge in [-0.2, -0.15) is 0 Å². The molecule has 0 aromatic carbocycles. The average Bonchev–Trinajstić information content (AvgIpc) is 0.759. The second-order valence-electron chi connectivity index (χ2n) is 31.0. The van der Waals surface area contributed by atoms with Gasteiger partial charge in [0, 0.05) is 27.7 Å². The van der Waals surface area contributed by atoms with E-state index in [1.54, 1.807) is 0 Å². The maximum atomic E-state index is 13.3. The zero-order valence-corrected chi connectivity index (χ0v) is 65.7. The van der Waals surface area contributed by atoms with Crippen LogP contribution >= 0.6 is 0 Å². The predicted molar refractivity (Wildman–Crippen MR) is 375 cm³/mol. The standard InChI is InChI=1S/C68H114N4O50/c1-15-33(85)42(94)47(99)63(105-15)119-55-30(70-17(3)82)59(103)106-27(13-80)52(55)116-60-29(69-16(2)81)41(93)51(26(12-79)113-60)115-66-50(102)56(120-68-58(46(98)37(89)23(9-76)112-68)122-62-32(72-19(5)84)54(39(91)25(11-78)108-62)118-65-49(101)44(96)35(87)21(7-74)110-65)40(92)28(114-66)14-104-67-57(45(97)36(88)22(8-75)111-67)121-61-31(71-18(4)83)53(38(90)24(10-77)107-61)117-64-48(100)43(95)34(86)20(6-73)109-64/h15,20-68,73-80,85-103H,6-14H2,1-5H3,(H,69,81)(H,70,82)(H,71,83)(H,72,84)/t15-,20+,21+,22+,23+,24+,25+,26+,27+,28+,29+,30+,31+,32+,33+,34-,35-,36+,37+,38+,39+,40+,41+,42+,43-,44-,45-,46-,47-,48+,49+,50-,51+,52+,53+,54+,55+,56-,57-,58-,59+,60-,61-,62-,63-,64-,65-,66-,67-,68+/m0/s1. The molecule has 0 saturated carbocycles. The van der Waals surface area contributed by atoms with E-state index in [0.717, 1.165) is 27.7 Å². The van der Waals surface area contributed by atoms with Crippen molar-refractivity contribution in [3.8, 4) is 0 Å². The molecule has 0 aromatic heterocycles. The van der Waals surface area contributed by atoms with Gasteiger partial charge >= 0.3 is 0 Å². The summed E-state index contributed by atoms with van der Waals surface area (Å²) in [5, 5.41) is 311. The number of ether oxygens (including phenoxy) is 19. The molecule has 54 nitrogen and oxygen atoms in total. The van der Waals surface area contributed by atoms with Gasteiger partial charge in [-0.25, -0.2) is 0 Å². The summed E-state index contributed by atoms with van der Waals surface area (Å²) in [4.78, 5) is 52.3. The van der Waals surface area contributed by atoms with Gasteiger partial charge in [0.2, 0.25) is 23.6 Å². The third-order valence-corrected chi connectivity index (χ3v) is 22.4. The van der Waals surface area contributed by atoms with E-state index in [1.165, 1.54) is 6.92 Å². The van der Waals surface area contributed by atoms with Crippen LogP contribution in [0.5, 0.6) is 0 Å². The summed E-state index contributed by atoms with van der Waals surface area (Å²) in [7, 11) is 0. The van der Waals surface area contributed by atoms with E-state index in [-0.39, 0.29) is 0 Å². The largest absolute Gasteiger partial charge is 0.394 e. The summed E-state index contributed by atoms with van der Waals surface area (Å²) in [6.45, 7) is -5.26. The number of carbonyl (C=O) groups excluding carboxylic acids is 4. The van der Waals surface area contributed by atoms with E-state index in [9.17, 15) is 157 Å². The molecule has 0 unspecified atom stereocenters. The summed E-state index contributed by atoms with van der Waals surface area (Å²) in [5.74, 6) is -3.82. The van der Waals surface area contributed by atoms with Crippen LogP contribution in [0.15, 0.2) is 0 Å². The van der Waals surface area contributed by atoms with Crippen molar-refractivity contribution in [2.24, 2.45) is 0 Å². The van der Waals surface area contributed by atoms with Crippen LogP contribution in [-0.4, -0.2) is 528 Å². The SMILES string of the molecule is CC(=O)N[C@@H]1[C@@H](O[C@@H]2O[C@@H](C)[C@@H](O)[C@@H](O)[C@@H]2O)[C@H](O[C@@H]2O[C@H](CO)[C@@H](O[C@@H]3O[C@H](CO[C@H]4O[C@H](CO)[C@@H](O)[C@H](O)[C@@H]4O[C@@H]4O[C@H](CO)[C@@H](O)[C@H](O[C@@H]5O[C@H](CO)[C@H](O)[C@H](O)[C@H]5O)[C@H]4NC(C)=O)[C@@H](O)[C@H](O[C@H]4O[C@H](CO)[C@@H](O)[C@H](O)[C@@H]4O[C@@H]4O[C@H](CO)[C@@H](O)[C@H](O[C@@H]5O[C@H](CO)[C@H](O)[C@H](O)[C@H]5O)[C@H]4NC(C)=O)[C@@H]3O)[C@H](O)[C@H]2NC(C)=O)[C@@H](CO)O[C@H]1O. The smallest absolute Gasteiger partial charge is 0.217 e. The van der Waals surface area contributed by atoms with E-state index >= 15 is 0 Å². The highest BCUT2D eigenvalue weighted by Crippen LogP contribution is 2.41. The monoisotopic (exact) mass is 1790 g/mol. The lowest BCUT2D eigenvalue weighted by Gasteiger charge is -2.51. The van der Waals surface area contributed by atoms with Crippen molar-refractivity contribution in [3.05, 3.63) is 0 Å². The van der Waals surface area contributed by atoms with Crippen LogP contribution in [0.4, 0.5) is 0 Å². The summed E-state index contributed by atoms with van der Waals surface area (Å²) >= 11 is 0. The number of aliphatic hydroxyl groups is 27. The number of nitrogens with one attached hydrogen (secondary N) is 4. The minimum atomic E-state index is -2.65. The van der Waals surface area contributed by atoms with Crippen molar-refractivity contribution >= 4 is 23.6 Å². The molecule has 0 bridgehead atoms. The predicted octanol–water partition coefficient (Wildman–Crippen LogP) is -21.2. The summed E-state index contributed by atoms with van der Waals surface area (Å²) in [5.41, 5.74) is 0. The molecule has 10 rings (SSSR count). The van der Waals surface area contributed by atoms with Gasteiger partial charge in [-0.05, 0) is 6.92 Å². The number of carbonyl (C=O) groups is 4. The fourth-order valence-corrected chi connectivity index (χ4v) is 15.9. The van der Waals surface area contributed by atoms with Crippen LogP contribution in [0, 0.1) is 0 Å². The third kappa shape index (κ3) is 21.9. The molecule has 4 amide bonds. The Kier molecular flexibility index (Phi) is 35.8. The third-order valence-electron chi connectivity index (χ3n) is 22.4. The Hall–Kier alpha value is -3.96. The summed E-state index contributed by atoms with van der Waals surface area (Å²) in [6, 6.07) is -7.72. The zero-order valence-electron chi connectivity index (χ0n) is 65.7. The molecule has 0 spiro atoms. The molecule has 0 radical (unpaired) electrons. The Morgan fingerprint density at radius 3 is 0.959 bits per heavy atom. The average molecular weight is 1790 g/mol. The van der Waals surface area contributed by atoms with Gasteiger partial charge in [0.15, 0.2) is 62.9 Å². The maximum absolute atomic E-state index is 13.3. The van der Waals surface area contributed by atoms with Crippen LogP contribution in [-0.2, 0) is 109 Å². The van der Waals surface area contributed by atoms with Crippen molar-refractivity contribution in [2.45, 2.75) is 341 Å². The van der Waals surface area contributed by atoms with E-state index < -0.39 is 390 Å². The fraction of sp³-hybridized carbons (Fsp3) is 0.941. The van der Waals surface area contributed by atoms with E-state index in [1.807, 2.05) is 0 Å². The molecule has 10 aliphatic heterocycles. The molecule has 31 N–H and O–H groups in total. The highest BCUT2D eigenvalue weighted by Gasteiger charge is 2.62. The molecule has 10 aliphatic rings. The fourth-order valence-electron chi connectivity index (χ4n) is 15.9. The highest BCUT2D eigenvalue weighted by molar-refractivity contribution is 5.74. The Bertz CT molecular complexity index is 3290. The molecule has 10 heterocycles. The zero-order chi connectivity index (χ0) is 89.8. The molecule has 0 aromatic rings. The summed E-state index contributed by atoms with van der Waals surface area (Å²) in [6.07, 6.45) is -96.8. The Morgan fingerprint density at radius 2 is 0.516 bits per heavy atom. The van der Waals surface area contributed by atoms with Crippen molar-refractivity contribution in [1.29, 1.82) is 0 Å². The first-order valence-electron chi connectivity index (χ1n) is 39.0. The molecular weight excluding hydrogens is 1670 g/mol. The maximum Gasteiger partial charge on any atom is 0.217 e. The van der Waals surface area contributed by atoms with Gasteiger partial charge in [0.1, 0.15) is 238 Å². The number of aliphatic hydroxyl groups excluding tert-OH is 27. The van der Waals surface area contributed by atoms with Crippen LogP contribution < -0.4 is 21.3 Å². The first kappa shape index (κ1) is 100. The summed E-state index contributed by atoms with van der Waals surface area (Å²) < 4.78 is 114. The van der Waals surface area contributed by atoms with Gasteiger partial charge in [-0.3, -0.25) is 19.2 Å². The van der Waals surface area contributed by atoms with Crippen molar-refractivity contribution in [3.63, 3.8) is 0 Å². The lowest BCUT2D eigenvalue weighted by atomic mass is 9.93. The normalized spacial score (nSPS) is 49.7. The van der Waals surface area contributed by atoms with Crippen molar-refractivity contribution in [1.82, 2.24) is 21.3 Å². The molecule has 54 heteroatoms. The second kappa shape index (κ2) is 43.6. The lowest BCUT2D eigenvalue weighted by Crippen LogP contribution is -2.71. The quantitative estimate of drug-likeness (QED) is 0.0306. The molecule has 10 fully saturated rings. The Labute approximate surface area is 691 Å². The minimum Gasteiger partial charge on any atom is -0.394 e. The van der Waals surface area contributed by atoms with Gasteiger partial charge in [0.05, 0.1) is 65.6 Å². The van der Waals surface area contributed by atoms with Gasteiger partial charge < -0.3 is 249 Å². The molecule has 706 valence electrons. The number of amides is 4. The number of hydrogen-bond acceptors (Lipinski definition) is 50. The van der Waals surface area contributed by atoms with E-state index in [4.69, 9.17) is 90.0 Å². The number of rotatable bonds is 31. The van der Waals surface area contributed by atoms with E-state index in [2.05, 4.69) is 21.3 Å². The van der Waals surface area contributed by atoms with Gasteiger partial charge in [-0.15, -0.1) is 0 Å². The van der Waals surface area contributed by atoms with E-state index in [0.29, 0.717) is 0 Å². The van der Waals surface area contributed by atoms with Crippen molar-refractivity contribution < 1.29 is 247 Å². The highest BCUT2D eigenvalue weighted by atomic mass is 16.8. The Morgan fingerprint density at radius 1 is 0.230 bits per heavy atom. The number of hydrogen-bond donors (Lipinski definition) is 31. The van der Waals surface area contributed by atoms with Gasteiger partial charge in [0.25, 0.3) is 0 Å². The molecule has 10 saturated heterocycles. The van der Waals surface area contributed by atoms with Crippen LogP contribution in [0.2, 0.25) is 0 Å². The molecular formula is C68H114N4O50. The first-order valence-corrected chi connectivity index (χ1v) is 39.0. The van der Waals surface area contributed by atoms with Crippen LogP contribution in [0.3, 0.4) is 0 Å². The Balaban J connectivity index is 1.01. The molecule has 0 aliphatic carbocycles. The van der Waals surface area contributed by atoms with Crippen molar-refractivity contribution in [2.75, 3.05) is 59.5 Å². The second-order valence-corrected chi connectivity index (χ2v) is 31.0. The molecule has 122 heavy (non-hydrogen) atoms. The van der Waals surface area contributed by atoms with Crippen LogP contribution in [0.25, 0.3) is 0 Å². The van der Waals surface area contributed by atoms with Crippen LogP contribution in [0.1, 0.15) is 34.6 Å². The minimum absolute atomic E-state index is 0.866. The molecule has 50 atom stereocenters.